The van der Waals surface area contributed by atoms with Crippen LogP contribution < -0.4 is 10.1 Å². The van der Waals surface area contributed by atoms with Crippen molar-refractivity contribution < 1.29 is 9.13 Å². The van der Waals surface area contributed by atoms with Crippen molar-refractivity contribution in [3.8, 4) is 5.75 Å². The van der Waals surface area contributed by atoms with Crippen LogP contribution in [0.3, 0.4) is 0 Å². The van der Waals surface area contributed by atoms with Gasteiger partial charge in [0, 0.05) is 6.04 Å². The van der Waals surface area contributed by atoms with Gasteiger partial charge in [0.15, 0.2) is 11.6 Å². The lowest BCUT2D eigenvalue weighted by Crippen LogP contribution is -2.35. The molecule has 0 radical (unpaired) electrons. The topological polar surface area (TPSA) is 21.3 Å². The molecule has 2 rings (SSSR count). The normalized spacial score (nSPS) is 18.4. The van der Waals surface area contributed by atoms with Crippen molar-refractivity contribution in [3.63, 3.8) is 0 Å². The first-order chi connectivity index (χ1) is 8.65. The van der Waals surface area contributed by atoms with Crippen molar-refractivity contribution in [2.24, 2.45) is 11.8 Å². The highest BCUT2D eigenvalue weighted by Gasteiger charge is 2.32. The molecule has 1 fully saturated rings. The Hall–Kier alpha value is -1.09. The maximum atomic E-state index is 13.6. The summed E-state index contributed by atoms with van der Waals surface area (Å²) in [5.74, 6) is 1.55. The Balaban J connectivity index is 2.04. The van der Waals surface area contributed by atoms with E-state index < -0.39 is 0 Å². The summed E-state index contributed by atoms with van der Waals surface area (Å²) in [6.45, 7) is 2.29. The van der Waals surface area contributed by atoms with Gasteiger partial charge in [-0.25, -0.2) is 4.39 Å². The van der Waals surface area contributed by atoms with Gasteiger partial charge in [-0.05, 0) is 55.8 Å². The minimum absolute atomic E-state index is 0.274. The summed E-state index contributed by atoms with van der Waals surface area (Å²) < 4.78 is 18.6. The van der Waals surface area contributed by atoms with Crippen molar-refractivity contribution in [1.29, 1.82) is 0 Å². The average Bonchev–Trinajstić information content (AvgIpc) is 3.19. The molecule has 1 aliphatic rings. The molecular weight excluding hydrogens is 229 g/mol. The monoisotopic (exact) mass is 251 g/mol. The van der Waals surface area contributed by atoms with E-state index in [9.17, 15) is 4.39 Å². The smallest absolute Gasteiger partial charge is 0.165 e. The molecular formula is C15H22FNO. The van der Waals surface area contributed by atoms with Crippen LogP contribution in [0.4, 0.5) is 4.39 Å². The van der Waals surface area contributed by atoms with Crippen LogP contribution in [0.15, 0.2) is 18.2 Å². The molecule has 2 nitrogen and oxygen atoms in total. The van der Waals surface area contributed by atoms with Crippen molar-refractivity contribution in [2.75, 3.05) is 14.2 Å². The van der Waals surface area contributed by atoms with E-state index in [2.05, 4.69) is 12.2 Å². The molecule has 0 aromatic heterocycles. The lowest BCUT2D eigenvalue weighted by molar-refractivity contribution is 0.356. The Morgan fingerprint density at radius 3 is 2.67 bits per heavy atom. The summed E-state index contributed by atoms with van der Waals surface area (Å²) in [6, 6.07) is 5.67. The molecule has 1 saturated carbocycles. The van der Waals surface area contributed by atoms with Gasteiger partial charge in [0.1, 0.15) is 0 Å². The summed E-state index contributed by atoms with van der Waals surface area (Å²) in [6.07, 6.45) is 3.56. The zero-order valence-electron chi connectivity index (χ0n) is 11.4. The third-order valence-corrected chi connectivity index (χ3v) is 4.04. The second-order valence-electron chi connectivity index (χ2n) is 5.26. The van der Waals surface area contributed by atoms with E-state index in [1.807, 2.05) is 13.1 Å². The molecule has 1 aliphatic carbocycles. The molecule has 0 aliphatic heterocycles. The second kappa shape index (κ2) is 5.70. The molecule has 2 unspecified atom stereocenters. The van der Waals surface area contributed by atoms with Crippen LogP contribution in [0.2, 0.25) is 0 Å². The summed E-state index contributed by atoms with van der Waals surface area (Å²) in [4.78, 5) is 0. The van der Waals surface area contributed by atoms with Crippen molar-refractivity contribution >= 4 is 0 Å². The van der Waals surface area contributed by atoms with Crippen LogP contribution in [0.1, 0.15) is 25.3 Å². The van der Waals surface area contributed by atoms with E-state index in [4.69, 9.17) is 4.74 Å². The van der Waals surface area contributed by atoms with E-state index in [0.717, 1.165) is 17.9 Å². The van der Waals surface area contributed by atoms with Gasteiger partial charge < -0.3 is 10.1 Å². The maximum Gasteiger partial charge on any atom is 0.165 e. The quantitative estimate of drug-likeness (QED) is 0.839. The van der Waals surface area contributed by atoms with Crippen LogP contribution in [0.25, 0.3) is 0 Å². The molecule has 3 heteroatoms. The highest BCUT2D eigenvalue weighted by Crippen LogP contribution is 2.38. The van der Waals surface area contributed by atoms with Crippen molar-refractivity contribution in [3.05, 3.63) is 29.6 Å². The maximum absolute atomic E-state index is 13.6. The molecule has 100 valence electrons. The largest absolute Gasteiger partial charge is 0.494 e. The van der Waals surface area contributed by atoms with Gasteiger partial charge in [-0.15, -0.1) is 0 Å². The number of hydrogen-bond donors (Lipinski definition) is 1. The van der Waals surface area contributed by atoms with Crippen LogP contribution in [0, 0.1) is 17.7 Å². The number of nitrogens with one attached hydrogen (secondary N) is 1. The Morgan fingerprint density at radius 2 is 2.17 bits per heavy atom. The molecule has 1 N–H and O–H groups in total. The predicted molar refractivity (Wildman–Crippen MR) is 71.4 cm³/mol. The lowest BCUT2D eigenvalue weighted by Gasteiger charge is -2.23. The lowest BCUT2D eigenvalue weighted by atomic mass is 9.91. The van der Waals surface area contributed by atoms with E-state index in [-0.39, 0.29) is 5.82 Å². The minimum Gasteiger partial charge on any atom is -0.494 e. The Kier molecular flexibility index (Phi) is 4.23. The number of benzene rings is 1. The van der Waals surface area contributed by atoms with Gasteiger partial charge in [0.2, 0.25) is 0 Å². The molecule has 0 amide bonds. The standard InChI is InChI=1S/C15H22FNO/c1-10(12-5-6-12)14(17-2)9-11-4-7-15(18-3)13(16)8-11/h4,7-8,10,12,14,17H,5-6,9H2,1-3H3. The number of ether oxygens (including phenoxy) is 1. The fourth-order valence-corrected chi connectivity index (χ4v) is 2.59. The number of likely N-dealkylation sites (N-methyl/N-ethyl adjacent to an activating group) is 1. The predicted octanol–water partition coefficient (Wildman–Crippen LogP) is 3.01. The van der Waals surface area contributed by atoms with E-state index in [1.54, 1.807) is 12.1 Å². The Bertz CT molecular complexity index is 403. The van der Waals surface area contributed by atoms with Crippen LogP contribution in [-0.2, 0) is 6.42 Å². The Morgan fingerprint density at radius 1 is 1.44 bits per heavy atom. The third kappa shape index (κ3) is 3.02. The number of methoxy groups -OCH3 is 1. The van der Waals surface area contributed by atoms with Gasteiger partial charge in [0.05, 0.1) is 7.11 Å². The van der Waals surface area contributed by atoms with E-state index in [1.165, 1.54) is 20.0 Å². The van der Waals surface area contributed by atoms with E-state index >= 15 is 0 Å². The van der Waals surface area contributed by atoms with Crippen LogP contribution >= 0.6 is 0 Å². The van der Waals surface area contributed by atoms with Gasteiger partial charge in [-0.3, -0.25) is 0 Å². The molecule has 0 heterocycles. The van der Waals surface area contributed by atoms with Gasteiger partial charge >= 0.3 is 0 Å². The molecule has 0 saturated heterocycles. The first-order valence-electron chi connectivity index (χ1n) is 6.65. The van der Waals surface area contributed by atoms with Crippen LogP contribution in [-0.4, -0.2) is 20.2 Å². The van der Waals surface area contributed by atoms with Gasteiger partial charge in [-0.2, -0.15) is 0 Å². The van der Waals surface area contributed by atoms with E-state index in [0.29, 0.717) is 17.7 Å². The number of halogens is 1. The molecule has 0 spiro atoms. The average molecular weight is 251 g/mol. The summed E-state index contributed by atoms with van der Waals surface area (Å²) in [5.41, 5.74) is 1.03. The SMILES string of the molecule is CNC(Cc1ccc(OC)c(F)c1)C(C)C1CC1. The fraction of sp³-hybridized carbons (Fsp3) is 0.600. The molecule has 2 atom stereocenters. The van der Waals surface area contributed by atoms with Crippen molar-refractivity contribution in [1.82, 2.24) is 5.32 Å². The highest BCUT2D eigenvalue weighted by atomic mass is 19.1. The zero-order chi connectivity index (χ0) is 13.1. The molecule has 1 aromatic rings. The fourth-order valence-electron chi connectivity index (χ4n) is 2.59. The van der Waals surface area contributed by atoms with Crippen LogP contribution in [0.5, 0.6) is 5.75 Å². The Labute approximate surface area is 109 Å². The molecule has 1 aromatic carbocycles. The zero-order valence-corrected chi connectivity index (χ0v) is 11.4. The number of rotatable bonds is 6. The highest BCUT2D eigenvalue weighted by molar-refractivity contribution is 5.29. The third-order valence-electron chi connectivity index (χ3n) is 4.04. The minimum atomic E-state index is -0.274. The first-order valence-corrected chi connectivity index (χ1v) is 6.65. The summed E-state index contributed by atoms with van der Waals surface area (Å²) >= 11 is 0. The molecule has 18 heavy (non-hydrogen) atoms. The van der Waals surface area contributed by atoms with Gasteiger partial charge in [-0.1, -0.05) is 13.0 Å². The van der Waals surface area contributed by atoms with Gasteiger partial charge in [0.25, 0.3) is 0 Å². The van der Waals surface area contributed by atoms with Crippen molar-refractivity contribution in [2.45, 2.75) is 32.2 Å². The second-order valence-corrected chi connectivity index (χ2v) is 5.26. The summed E-state index contributed by atoms with van der Waals surface area (Å²) in [5, 5.41) is 3.37. The first kappa shape index (κ1) is 13.3. The molecule has 0 bridgehead atoms. The number of hydrogen-bond acceptors (Lipinski definition) is 2. The summed E-state index contributed by atoms with van der Waals surface area (Å²) in [7, 11) is 3.48.